The number of carbonyl (C=O) groups is 2. The maximum absolute atomic E-state index is 12.8. The van der Waals surface area contributed by atoms with Gasteiger partial charge in [-0.15, -0.1) is 0 Å². The minimum atomic E-state index is -3.79. The molecule has 3 rings (SSSR count). The van der Waals surface area contributed by atoms with E-state index in [0.717, 1.165) is 29.5 Å². The van der Waals surface area contributed by atoms with Gasteiger partial charge in [0.25, 0.3) is 0 Å². The lowest BCUT2D eigenvalue weighted by atomic mass is 9.98. The second kappa shape index (κ2) is 8.88. The van der Waals surface area contributed by atoms with Crippen molar-refractivity contribution in [1.82, 2.24) is 4.31 Å². The van der Waals surface area contributed by atoms with Crippen molar-refractivity contribution in [2.24, 2.45) is 0 Å². The lowest BCUT2D eigenvalue weighted by Gasteiger charge is -2.17. The molecule has 6 nitrogen and oxygen atoms in total. The molecule has 0 unspecified atom stereocenters. The Morgan fingerprint density at radius 2 is 1.63 bits per heavy atom. The van der Waals surface area contributed by atoms with E-state index in [1.807, 2.05) is 26.8 Å². The first-order valence-electron chi connectivity index (χ1n) is 9.69. The monoisotopic (exact) mass is 449 g/mol. The highest BCUT2D eigenvalue weighted by atomic mass is 35.5. The zero-order valence-corrected chi connectivity index (χ0v) is 18.8. The average Bonchev–Trinajstić information content (AvgIpc) is 3.24. The molecular formula is C22H24ClNO5S. The molecule has 0 N–H and O–H groups in total. The molecule has 1 saturated heterocycles. The van der Waals surface area contributed by atoms with Crippen LogP contribution in [0, 0.1) is 20.8 Å². The van der Waals surface area contributed by atoms with Gasteiger partial charge in [-0.3, -0.25) is 4.79 Å². The topological polar surface area (TPSA) is 80.8 Å². The first-order chi connectivity index (χ1) is 14.1. The van der Waals surface area contributed by atoms with Gasteiger partial charge in [0, 0.05) is 18.7 Å². The molecule has 0 aliphatic carbocycles. The van der Waals surface area contributed by atoms with Gasteiger partial charge in [0.05, 0.1) is 10.6 Å². The smallest absolute Gasteiger partial charge is 0.338 e. The number of hydrogen-bond donors (Lipinski definition) is 0. The van der Waals surface area contributed by atoms with E-state index < -0.39 is 22.6 Å². The molecule has 0 spiro atoms. The number of sulfonamides is 1. The van der Waals surface area contributed by atoms with E-state index in [2.05, 4.69) is 0 Å². The normalized spacial score (nSPS) is 14.7. The second-order valence-electron chi connectivity index (χ2n) is 7.51. The van der Waals surface area contributed by atoms with Gasteiger partial charge in [0.1, 0.15) is 4.90 Å². The van der Waals surface area contributed by atoms with E-state index in [1.165, 1.54) is 22.5 Å². The number of rotatable bonds is 6. The number of esters is 1. The van der Waals surface area contributed by atoms with E-state index in [1.54, 1.807) is 6.07 Å². The van der Waals surface area contributed by atoms with Crippen molar-refractivity contribution in [2.45, 2.75) is 38.5 Å². The summed E-state index contributed by atoms with van der Waals surface area (Å²) in [6, 6.07) is 7.66. The predicted molar refractivity (Wildman–Crippen MR) is 115 cm³/mol. The van der Waals surface area contributed by atoms with Gasteiger partial charge in [-0.1, -0.05) is 17.7 Å². The van der Waals surface area contributed by atoms with Gasteiger partial charge in [0.2, 0.25) is 15.8 Å². The Kier molecular flexibility index (Phi) is 6.65. The van der Waals surface area contributed by atoms with Crippen molar-refractivity contribution in [3.63, 3.8) is 0 Å². The number of carbonyl (C=O) groups excluding carboxylic acids is 2. The molecule has 0 saturated carbocycles. The van der Waals surface area contributed by atoms with E-state index in [0.29, 0.717) is 18.7 Å². The maximum atomic E-state index is 12.8. The minimum absolute atomic E-state index is 0.0294. The Morgan fingerprint density at radius 3 is 2.30 bits per heavy atom. The lowest BCUT2D eigenvalue weighted by Crippen LogP contribution is -2.28. The first-order valence-corrected chi connectivity index (χ1v) is 11.5. The highest BCUT2D eigenvalue weighted by molar-refractivity contribution is 7.89. The molecule has 1 aliphatic heterocycles. The summed E-state index contributed by atoms with van der Waals surface area (Å²) < 4.78 is 32.1. The Hall–Kier alpha value is -2.22. The summed E-state index contributed by atoms with van der Waals surface area (Å²) in [4.78, 5) is 24.9. The highest BCUT2D eigenvalue weighted by Gasteiger charge is 2.30. The van der Waals surface area contributed by atoms with Gasteiger partial charge >= 0.3 is 5.97 Å². The third-order valence-corrected chi connectivity index (χ3v) is 7.71. The van der Waals surface area contributed by atoms with Crippen LogP contribution in [0.1, 0.15) is 50.2 Å². The quantitative estimate of drug-likeness (QED) is 0.490. The highest BCUT2D eigenvalue weighted by Crippen LogP contribution is 2.28. The van der Waals surface area contributed by atoms with Crippen LogP contribution in [0.2, 0.25) is 5.02 Å². The van der Waals surface area contributed by atoms with Crippen molar-refractivity contribution in [3.8, 4) is 0 Å². The number of ether oxygens (including phenoxy) is 1. The summed E-state index contributed by atoms with van der Waals surface area (Å²) in [5, 5.41) is 0.0419. The molecule has 1 fully saturated rings. The van der Waals surface area contributed by atoms with Crippen LogP contribution in [0.5, 0.6) is 0 Å². The van der Waals surface area contributed by atoms with Gasteiger partial charge in [0.15, 0.2) is 6.61 Å². The van der Waals surface area contributed by atoms with Crippen LogP contribution in [0.3, 0.4) is 0 Å². The van der Waals surface area contributed by atoms with Crippen molar-refractivity contribution >= 4 is 33.4 Å². The number of halogens is 1. The van der Waals surface area contributed by atoms with E-state index >= 15 is 0 Å². The minimum Gasteiger partial charge on any atom is -0.454 e. The number of nitrogens with zero attached hydrogens (tertiary/aromatic N) is 1. The molecule has 160 valence electrons. The fraction of sp³-hybridized carbons (Fsp3) is 0.364. The van der Waals surface area contributed by atoms with Gasteiger partial charge in [-0.25, -0.2) is 13.2 Å². The Bertz CT molecular complexity index is 1100. The first kappa shape index (κ1) is 22.5. The summed E-state index contributed by atoms with van der Waals surface area (Å²) >= 11 is 6.10. The number of Topliss-reactive ketones (excluding diaryl/α,β-unsaturated/α-hetero) is 1. The van der Waals surface area contributed by atoms with E-state index in [-0.39, 0.29) is 21.3 Å². The molecule has 2 aromatic rings. The molecule has 0 radical (unpaired) electrons. The van der Waals surface area contributed by atoms with Gasteiger partial charge in [-0.05, 0) is 74.6 Å². The van der Waals surface area contributed by atoms with Crippen LogP contribution >= 0.6 is 11.6 Å². The van der Waals surface area contributed by atoms with Crippen LogP contribution in [0.4, 0.5) is 0 Å². The molecule has 0 aromatic heterocycles. The molecule has 0 bridgehead atoms. The Labute approximate surface area is 181 Å². The largest absolute Gasteiger partial charge is 0.454 e. The van der Waals surface area contributed by atoms with E-state index in [9.17, 15) is 18.0 Å². The summed E-state index contributed by atoms with van der Waals surface area (Å²) in [6.07, 6.45) is 1.58. The standard InChI is InChI=1S/C22H24ClNO5S/c1-14-10-16(3)18(11-15(14)2)20(25)13-29-22(26)17-6-7-19(23)21(12-17)30(27,28)24-8-4-5-9-24/h6-7,10-12H,4-5,8-9,13H2,1-3H3. The summed E-state index contributed by atoms with van der Waals surface area (Å²) in [6.45, 7) is 6.13. The molecule has 0 atom stereocenters. The number of benzene rings is 2. The van der Waals surface area contributed by atoms with Crippen LogP contribution in [0.15, 0.2) is 35.2 Å². The van der Waals surface area contributed by atoms with Crippen molar-refractivity contribution < 1.29 is 22.7 Å². The average molecular weight is 450 g/mol. The maximum Gasteiger partial charge on any atom is 0.338 e. The van der Waals surface area contributed by atoms with Crippen LogP contribution in [-0.2, 0) is 14.8 Å². The molecule has 1 aliphatic rings. The molecule has 0 amide bonds. The molecule has 30 heavy (non-hydrogen) atoms. The van der Waals surface area contributed by atoms with Crippen molar-refractivity contribution in [3.05, 3.63) is 63.2 Å². The lowest BCUT2D eigenvalue weighted by molar-refractivity contribution is 0.0474. The summed E-state index contributed by atoms with van der Waals surface area (Å²) in [7, 11) is -3.79. The van der Waals surface area contributed by atoms with Gasteiger partial charge in [-0.2, -0.15) is 4.31 Å². The predicted octanol–water partition coefficient (Wildman–Crippen LogP) is 4.09. The zero-order chi connectivity index (χ0) is 22.1. The summed E-state index contributed by atoms with van der Waals surface area (Å²) in [5.74, 6) is -1.10. The zero-order valence-electron chi connectivity index (χ0n) is 17.2. The Balaban J connectivity index is 1.76. The number of ketones is 1. The fourth-order valence-corrected chi connectivity index (χ4v) is 5.47. The second-order valence-corrected chi connectivity index (χ2v) is 9.82. The molecular weight excluding hydrogens is 426 g/mol. The number of aryl methyl sites for hydroxylation is 3. The third kappa shape index (κ3) is 4.58. The fourth-order valence-electron chi connectivity index (χ4n) is 3.45. The van der Waals surface area contributed by atoms with Gasteiger partial charge < -0.3 is 4.74 Å². The number of hydrogen-bond acceptors (Lipinski definition) is 5. The van der Waals surface area contributed by atoms with Crippen molar-refractivity contribution in [2.75, 3.05) is 19.7 Å². The van der Waals surface area contributed by atoms with Crippen LogP contribution in [0.25, 0.3) is 0 Å². The van der Waals surface area contributed by atoms with Crippen LogP contribution < -0.4 is 0 Å². The summed E-state index contributed by atoms with van der Waals surface area (Å²) in [5.41, 5.74) is 3.39. The Morgan fingerprint density at radius 1 is 1.00 bits per heavy atom. The SMILES string of the molecule is Cc1cc(C)c(C(=O)COC(=O)c2ccc(Cl)c(S(=O)(=O)N3CCCC3)c2)cc1C. The third-order valence-electron chi connectivity index (χ3n) is 5.33. The molecule has 2 aromatic carbocycles. The van der Waals surface area contributed by atoms with Crippen molar-refractivity contribution in [1.29, 1.82) is 0 Å². The van der Waals surface area contributed by atoms with E-state index in [4.69, 9.17) is 16.3 Å². The molecule has 8 heteroatoms. The molecule has 1 heterocycles. The van der Waals surface area contributed by atoms with Crippen LogP contribution in [-0.4, -0.2) is 44.2 Å².